The number of benzene rings is 3. The van der Waals surface area contributed by atoms with Gasteiger partial charge in [-0.15, -0.1) is 0 Å². The van der Waals surface area contributed by atoms with E-state index in [0.717, 1.165) is 26.9 Å². The van der Waals surface area contributed by atoms with Crippen LogP contribution in [0.1, 0.15) is 16.7 Å². The van der Waals surface area contributed by atoms with Crippen LogP contribution in [-0.2, 0) is 13.2 Å². The lowest BCUT2D eigenvalue weighted by Gasteiger charge is -2.14. The first-order valence-corrected chi connectivity index (χ1v) is 10.9. The molecule has 31 heavy (non-hydrogen) atoms. The smallest absolute Gasteiger partial charge is 0.175 e. The molecule has 0 saturated heterocycles. The third kappa shape index (κ3) is 6.29. The lowest BCUT2D eigenvalue weighted by atomic mass is 10.2. The maximum atomic E-state index is 6.23. The molecule has 5 nitrogen and oxygen atoms in total. The van der Waals surface area contributed by atoms with Gasteiger partial charge in [-0.05, 0) is 51.8 Å². The van der Waals surface area contributed by atoms with Crippen LogP contribution in [0.15, 0.2) is 64.2 Å². The number of hydrazone groups is 1. The average molecular weight is 524 g/mol. The average Bonchev–Trinajstić information content (AvgIpc) is 2.77. The van der Waals surface area contributed by atoms with E-state index < -0.39 is 0 Å². The predicted octanol–water partition coefficient (Wildman–Crippen LogP) is 6.48. The summed E-state index contributed by atoms with van der Waals surface area (Å²) in [6.07, 6.45) is 1.71. The second-order valence-corrected chi connectivity index (χ2v) is 8.16. The Kier molecular flexibility index (Phi) is 8.46. The summed E-state index contributed by atoms with van der Waals surface area (Å²) < 4.78 is 17.5. The largest absolute Gasteiger partial charge is 0.496 e. The SMILES string of the molecule is COc1ccccc1CN/N=C\c1cc(Br)c(OCc2ccc(Cl)cc2Cl)c(OC)c1. The normalized spacial score (nSPS) is 10.9. The molecule has 0 heterocycles. The van der Waals surface area contributed by atoms with Crippen molar-refractivity contribution in [3.05, 3.63) is 85.8 Å². The van der Waals surface area contributed by atoms with Crippen molar-refractivity contribution in [3.8, 4) is 17.2 Å². The fourth-order valence-corrected chi connectivity index (χ4v) is 3.88. The highest BCUT2D eigenvalue weighted by Crippen LogP contribution is 2.37. The molecule has 0 unspecified atom stereocenters. The molecule has 0 spiro atoms. The molecule has 3 aromatic rings. The monoisotopic (exact) mass is 522 g/mol. The van der Waals surface area contributed by atoms with Gasteiger partial charge in [0.25, 0.3) is 0 Å². The first-order chi connectivity index (χ1) is 15.0. The molecule has 0 fully saturated rings. The van der Waals surface area contributed by atoms with Crippen LogP contribution >= 0.6 is 39.1 Å². The zero-order valence-electron chi connectivity index (χ0n) is 17.0. The number of rotatable bonds is 9. The molecule has 0 radical (unpaired) electrons. The Labute approximate surface area is 200 Å². The van der Waals surface area contributed by atoms with Gasteiger partial charge >= 0.3 is 0 Å². The summed E-state index contributed by atoms with van der Waals surface area (Å²) in [5.41, 5.74) is 5.72. The van der Waals surface area contributed by atoms with Crippen molar-refractivity contribution >= 4 is 45.3 Å². The highest BCUT2D eigenvalue weighted by Gasteiger charge is 2.12. The Balaban J connectivity index is 1.67. The van der Waals surface area contributed by atoms with E-state index in [4.69, 9.17) is 37.4 Å². The van der Waals surface area contributed by atoms with Crippen LogP contribution < -0.4 is 19.6 Å². The number of hydrogen-bond acceptors (Lipinski definition) is 5. The van der Waals surface area contributed by atoms with E-state index in [0.29, 0.717) is 28.1 Å². The van der Waals surface area contributed by atoms with Gasteiger partial charge in [-0.2, -0.15) is 5.10 Å². The molecule has 0 saturated carbocycles. The minimum atomic E-state index is 0.277. The Morgan fingerprint density at radius 2 is 1.74 bits per heavy atom. The van der Waals surface area contributed by atoms with Gasteiger partial charge in [0, 0.05) is 21.2 Å². The van der Waals surface area contributed by atoms with Gasteiger partial charge in [0.15, 0.2) is 11.5 Å². The fourth-order valence-electron chi connectivity index (χ4n) is 2.84. The van der Waals surface area contributed by atoms with Crippen LogP contribution in [0, 0.1) is 0 Å². The van der Waals surface area contributed by atoms with Crippen LogP contribution in [0.4, 0.5) is 0 Å². The molecule has 0 bridgehead atoms. The maximum absolute atomic E-state index is 6.23. The van der Waals surface area contributed by atoms with Gasteiger partial charge in [-0.1, -0.05) is 47.5 Å². The van der Waals surface area contributed by atoms with Crippen LogP contribution in [0.25, 0.3) is 0 Å². The van der Waals surface area contributed by atoms with Crippen molar-refractivity contribution in [3.63, 3.8) is 0 Å². The van der Waals surface area contributed by atoms with E-state index in [1.807, 2.05) is 42.5 Å². The van der Waals surface area contributed by atoms with Gasteiger partial charge < -0.3 is 19.6 Å². The molecular formula is C23H21BrCl2N2O3. The van der Waals surface area contributed by atoms with E-state index in [-0.39, 0.29) is 6.61 Å². The number of halogens is 3. The summed E-state index contributed by atoms with van der Waals surface area (Å²) in [7, 11) is 3.24. The molecule has 0 aliphatic rings. The molecule has 8 heteroatoms. The molecule has 3 aromatic carbocycles. The Bertz CT molecular complexity index is 1080. The van der Waals surface area contributed by atoms with E-state index in [2.05, 4.69) is 26.5 Å². The first-order valence-electron chi connectivity index (χ1n) is 9.34. The molecule has 0 atom stereocenters. The summed E-state index contributed by atoms with van der Waals surface area (Å²) in [4.78, 5) is 0. The van der Waals surface area contributed by atoms with E-state index in [1.165, 1.54) is 0 Å². The minimum Gasteiger partial charge on any atom is -0.496 e. The zero-order chi connectivity index (χ0) is 22.2. The second kappa shape index (κ2) is 11.3. The van der Waals surface area contributed by atoms with Crippen molar-refractivity contribution < 1.29 is 14.2 Å². The van der Waals surface area contributed by atoms with Crippen molar-refractivity contribution in [2.75, 3.05) is 14.2 Å². The van der Waals surface area contributed by atoms with E-state index in [1.54, 1.807) is 32.6 Å². The summed E-state index contributed by atoms with van der Waals surface area (Å²) >= 11 is 15.7. The molecule has 0 aromatic heterocycles. The highest BCUT2D eigenvalue weighted by atomic mass is 79.9. The molecular weight excluding hydrogens is 503 g/mol. The van der Waals surface area contributed by atoms with Crippen LogP contribution in [0.3, 0.4) is 0 Å². The lowest BCUT2D eigenvalue weighted by molar-refractivity contribution is 0.282. The highest BCUT2D eigenvalue weighted by molar-refractivity contribution is 9.10. The quantitative estimate of drug-likeness (QED) is 0.258. The van der Waals surface area contributed by atoms with Crippen LogP contribution in [-0.4, -0.2) is 20.4 Å². The number of hydrogen-bond donors (Lipinski definition) is 1. The summed E-state index contributed by atoms with van der Waals surface area (Å²) in [5, 5.41) is 5.42. The summed E-state index contributed by atoms with van der Waals surface area (Å²) in [6.45, 7) is 0.820. The molecule has 0 aliphatic heterocycles. The zero-order valence-corrected chi connectivity index (χ0v) is 20.1. The van der Waals surface area contributed by atoms with Gasteiger partial charge in [-0.25, -0.2) is 0 Å². The molecule has 0 amide bonds. The van der Waals surface area contributed by atoms with Crippen molar-refractivity contribution in [2.24, 2.45) is 5.10 Å². The fraction of sp³-hybridized carbons (Fsp3) is 0.174. The van der Waals surface area contributed by atoms with Crippen LogP contribution in [0.5, 0.6) is 17.2 Å². The Morgan fingerprint density at radius 3 is 2.48 bits per heavy atom. The number of nitrogens with zero attached hydrogens (tertiary/aromatic N) is 1. The summed E-state index contributed by atoms with van der Waals surface area (Å²) in [6, 6.07) is 16.8. The number of para-hydroxylation sites is 1. The maximum Gasteiger partial charge on any atom is 0.175 e. The number of ether oxygens (including phenoxy) is 3. The Morgan fingerprint density at radius 1 is 0.968 bits per heavy atom. The topological polar surface area (TPSA) is 52.1 Å². The van der Waals surface area contributed by atoms with E-state index >= 15 is 0 Å². The third-order valence-corrected chi connectivity index (χ3v) is 5.58. The standard InChI is InChI=1S/C23H21BrCl2N2O3/c1-29-21-6-4-3-5-16(21)13-28-27-12-15-9-19(24)23(22(10-15)30-2)31-14-17-7-8-18(25)11-20(17)26/h3-12,28H,13-14H2,1-2H3/b27-12-. The molecule has 0 aliphatic carbocycles. The predicted molar refractivity (Wildman–Crippen MR) is 129 cm³/mol. The molecule has 3 rings (SSSR count). The summed E-state index contributed by atoms with van der Waals surface area (Å²) in [5.74, 6) is 1.97. The van der Waals surface area contributed by atoms with E-state index in [9.17, 15) is 0 Å². The molecule has 162 valence electrons. The van der Waals surface area contributed by atoms with Crippen molar-refractivity contribution in [2.45, 2.75) is 13.2 Å². The number of methoxy groups -OCH3 is 2. The third-order valence-electron chi connectivity index (χ3n) is 4.41. The van der Waals surface area contributed by atoms with Crippen LogP contribution in [0.2, 0.25) is 10.0 Å². The van der Waals surface area contributed by atoms with Gasteiger partial charge in [0.05, 0.1) is 31.5 Å². The van der Waals surface area contributed by atoms with Crippen molar-refractivity contribution in [1.82, 2.24) is 5.43 Å². The molecule has 1 N–H and O–H groups in total. The van der Waals surface area contributed by atoms with Gasteiger partial charge in [-0.3, -0.25) is 0 Å². The number of nitrogens with one attached hydrogen (secondary N) is 1. The second-order valence-electron chi connectivity index (χ2n) is 6.46. The lowest BCUT2D eigenvalue weighted by Crippen LogP contribution is -2.07. The van der Waals surface area contributed by atoms with Crippen molar-refractivity contribution in [1.29, 1.82) is 0 Å². The van der Waals surface area contributed by atoms with Gasteiger partial charge in [0.1, 0.15) is 12.4 Å². The first kappa shape index (κ1) is 23.3. The van der Waals surface area contributed by atoms with Gasteiger partial charge in [0.2, 0.25) is 0 Å². The Hall–Kier alpha value is -2.41. The minimum absolute atomic E-state index is 0.277.